The van der Waals surface area contributed by atoms with Crippen molar-refractivity contribution in [2.45, 2.75) is 11.1 Å². The van der Waals surface area contributed by atoms with Gasteiger partial charge < -0.3 is 0 Å². The Morgan fingerprint density at radius 3 is 1.47 bits per heavy atom. The van der Waals surface area contributed by atoms with Crippen LogP contribution in [-0.4, -0.2) is 21.8 Å². The third kappa shape index (κ3) is 2.66. The molecule has 15 heavy (non-hydrogen) atoms. The average Bonchev–Trinajstić information content (AvgIpc) is 2.33. The van der Waals surface area contributed by atoms with E-state index in [9.17, 15) is 0 Å². The third-order valence-electron chi connectivity index (χ3n) is 2.45. The van der Waals surface area contributed by atoms with E-state index in [4.69, 9.17) is 0 Å². The monoisotopic (exact) mass is 392 g/mol. The van der Waals surface area contributed by atoms with Crippen LogP contribution in [0.5, 0.6) is 0 Å². The fourth-order valence-electron chi connectivity index (χ4n) is 1.73. The molecule has 0 aliphatic carbocycles. The predicted octanol–water partition coefficient (Wildman–Crippen LogP) is 2.32. The second kappa shape index (κ2) is 5.42. The first kappa shape index (κ1) is 10.8. The zero-order chi connectivity index (χ0) is 10.5. The number of benzene rings is 2. The molecule has 0 spiro atoms. The molecule has 0 nitrogen and oxygen atoms in total. The van der Waals surface area contributed by atoms with Crippen LogP contribution < -0.4 is 6.54 Å². The van der Waals surface area contributed by atoms with Gasteiger partial charge in [-0.3, -0.25) is 0 Å². The Balaban J connectivity index is 2.34. The molecule has 0 aromatic heterocycles. The quantitative estimate of drug-likeness (QED) is 0.704. The number of hydrogen-bond acceptors (Lipinski definition) is 0. The summed E-state index contributed by atoms with van der Waals surface area (Å²) >= 11 is -1.61. The standard InChI is InChI=1S/2C6H5.C2H5.Bi/c2*1-2-4-6-5-3-1;1-2;/h2*1-5H;1H2,2H3;. The van der Waals surface area contributed by atoms with Gasteiger partial charge in [-0.2, -0.15) is 0 Å². The molecule has 0 saturated carbocycles. The maximum absolute atomic E-state index is 2.33. The summed E-state index contributed by atoms with van der Waals surface area (Å²) in [5, 5.41) is 0. The minimum atomic E-state index is -1.61. The summed E-state index contributed by atoms with van der Waals surface area (Å²) in [5.41, 5.74) is 0. The molecule has 0 amide bonds. The molecule has 0 N–H and O–H groups in total. The Morgan fingerprint density at radius 1 is 0.733 bits per heavy atom. The zero-order valence-electron chi connectivity index (χ0n) is 8.93. The molecule has 0 saturated heterocycles. The Labute approximate surface area is 99.6 Å². The van der Waals surface area contributed by atoms with Crippen molar-refractivity contribution >= 4 is 28.3 Å². The van der Waals surface area contributed by atoms with Crippen LogP contribution in [0.4, 0.5) is 0 Å². The van der Waals surface area contributed by atoms with Crippen molar-refractivity contribution in [1.82, 2.24) is 0 Å². The molecule has 0 aliphatic heterocycles. The van der Waals surface area contributed by atoms with Crippen molar-refractivity contribution in [1.29, 1.82) is 0 Å². The molecule has 0 fully saturated rings. The van der Waals surface area contributed by atoms with Crippen molar-refractivity contribution in [3.8, 4) is 0 Å². The zero-order valence-corrected chi connectivity index (χ0v) is 12.4. The van der Waals surface area contributed by atoms with Crippen LogP contribution in [0.2, 0.25) is 4.13 Å². The van der Waals surface area contributed by atoms with E-state index >= 15 is 0 Å². The molecule has 0 heterocycles. The molecular formula is C14H15Bi. The molecule has 0 atom stereocenters. The van der Waals surface area contributed by atoms with Crippen LogP contribution in [-0.2, 0) is 0 Å². The van der Waals surface area contributed by atoms with E-state index in [0.717, 1.165) is 0 Å². The molecule has 1 heteroatoms. The van der Waals surface area contributed by atoms with E-state index in [-0.39, 0.29) is 0 Å². The Kier molecular flexibility index (Phi) is 3.91. The van der Waals surface area contributed by atoms with E-state index < -0.39 is 21.8 Å². The molecule has 76 valence electrons. The van der Waals surface area contributed by atoms with E-state index in [1.54, 1.807) is 6.54 Å². The Morgan fingerprint density at radius 2 is 1.13 bits per heavy atom. The molecule has 0 unspecified atom stereocenters. The molecule has 0 radical (unpaired) electrons. The van der Waals surface area contributed by atoms with Gasteiger partial charge in [-0.05, 0) is 0 Å². The van der Waals surface area contributed by atoms with Gasteiger partial charge >= 0.3 is 100 Å². The van der Waals surface area contributed by atoms with Crippen molar-refractivity contribution < 1.29 is 0 Å². The first-order valence-electron chi connectivity index (χ1n) is 5.29. The van der Waals surface area contributed by atoms with Crippen LogP contribution in [0, 0.1) is 0 Å². The molecule has 2 aromatic carbocycles. The summed E-state index contributed by atoms with van der Waals surface area (Å²) in [6, 6.07) is 22.1. The van der Waals surface area contributed by atoms with E-state index in [1.165, 1.54) is 4.13 Å². The van der Waals surface area contributed by atoms with Crippen LogP contribution in [0.25, 0.3) is 0 Å². The molecule has 0 aliphatic rings. The number of rotatable bonds is 3. The normalized spacial score (nSPS) is 10.5. The van der Waals surface area contributed by atoms with E-state index in [0.29, 0.717) is 0 Å². The van der Waals surface area contributed by atoms with Crippen LogP contribution in [0.15, 0.2) is 60.7 Å². The van der Waals surface area contributed by atoms with Crippen molar-refractivity contribution in [2.75, 3.05) is 0 Å². The number of hydrogen-bond donors (Lipinski definition) is 0. The van der Waals surface area contributed by atoms with Crippen LogP contribution in [0.3, 0.4) is 0 Å². The fraction of sp³-hybridized carbons (Fsp3) is 0.143. The van der Waals surface area contributed by atoms with Crippen molar-refractivity contribution in [3.63, 3.8) is 0 Å². The predicted molar refractivity (Wildman–Crippen MR) is 68.4 cm³/mol. The topological polar surface area (TPSA) is 0 Å². The van der Waals surface area contributed by atoms with Gasteiger partial charge in [0.15, 0.2) is 0 Å². The molecular weight excluding hydrogens is 377 g/mol. The first-order chi connectivity index (χ1) is 7.42. The van der Waals surface area contributed by atoms with Gasteiger partial charge in [0.1, 0.15) is 0 Å². The van der Waals surface area contributed by atoms with Gasteiger partial charge in [0, 0.05) is 0 Å². The van der Waals surface area contributed by atoms with Gasteiger partial charge in [0.2, 0.25) is 0 Å². The SMILES string of the molecule is C[CH2][Bi]([c]1ccccc1)[c]1ccccc1. The summed E-state index contributed by atoms with van der Waals surface area (Å²) in [5.74, 6) is 0. The summed E-state index contributed by atoms with van der Waals surface area (Å²) in [6.45, 7) is 2.33. The van der Waals surface area contributed by atoms with Gasteiger partial charge in [-0.1, -0.05) is 0 Å². The second-order valence-electron chi connectivity index (χ2n) is 3.42. The summed E-state index contributed by atoms with van der Waals surface area (Å²) in [4.78, 5) is 0. The first-order valence-corrected chi connectivity index (χ1v) is 11.2. The van der Waals surface area contributed by atoms with Crippen LogP contribution in [0.1, 0.15) is 6.92 Å². The van der Waals surface area contributed by atoms with Gasteiger partial charge in [0.05, 0.1) is 0 Å². The Bertz CT molecular complexity index is 355. The maximum atomic E-state index is 2.33. The summed E-state index contributed by atoms with van der Waals surface area (Å²) < 4.78 is 4.58. The van der Waals surface area contributed by atoms with Gasteiger partial charge in [-0.15, -0.1) is 0 Å². The van der Waals surface area contributed by atoms with Crippen molar-refractivity contribution in [2.24, 2.45) is 0 Å². The van der Waals surface area contributed by atoms with Gasteiger partial charge in [-0.25, -0.2) is 0 Å². The Hall–Kier alpha value is -0.677. The minimum absolute atomic E-state index is 1.35. The molecule has 0 bridgehead atoms. The molecule has 2 rings (SSSR count). The van der Waals surface area contributed by atoms with E-state index in [1.807, 2.05) is 0 Å². The van der Waals surface area contributed by atoms with E-state index in [2.05, 4.69) is 67.6 Å². The summed E-state index contributed by atoms with van der Waals surface area (Å²) in [6.07, 6.45) is 0. The van der Waals surface area contributed by atoms with Crippen molar-refractivity contribution in [3.05, 3.63) is 60.7 Å². The fourth-order valence-corrected chi connectivity index (χ4v) is 9.86. The van der Waals surface area contributed by atoms with Crippen LogP contribution >= 0.6 is 0 Å². The molecule has 2 aromatic rings. The van der Waals surface area contributed by atoms with Gasteiger partial charge in [0.25, 0.3) is 0 Å². The summed E-state index contributed by atoms with van der Waals surface area (Å²) in [7, 11) is 0. The average molecular weight is 392 g/mol. The third-order valence-corrected chi connectivity index (χ3v) is 12.1. The second-order valence-corrected chi connectivity index (χ2v) is 13.2.